The number of benzene rings is 1. The number of sulfonamides is 1. The van der Waals surface area contributed by atoms with Gasteiger partial charge >= 0.3 is 0 Å². The summed E-state index contributed by atoms with van der Waals surface area (Å²) in [5.74, 6) is -0.178. The third kappa shape index (κ3) is 4.22. The first-order valence-corrected chi connectivity index (χ1v) is 10.6. The minimum absolute atomic E-state index is 0.0100. The number of hydrogen-bond acceptors (Lipinski definition) is 4. The first kappa shape index (κ1) is 18.4. The Morgan fingerprint density at radius 1 is 1.12 bits per heavy atom. The van der Waals surface area contributed by atoms with Crippen LogP contribution in [0.25, 0.3) is 0 Å². The smallest absolute Gasteiger partial charge is 0.227 e. The van der Waals surface area contributed by atoms with Gasteiger partial charge in [-0.1, -0.05) is 30.3 Å². The Hall–Kier alpha value is -1.44. The van der Waals surface area contributed by atoms with Crippen molar-refractivity contribution in [3.63, 3.8) is 0 Å². The molecule has 2 fully saturated rings. The van der Waals surface area contributed by atoms with Crippen LogP contribution in [0.15, 0.2) is 30.3 Å². The molecule has 2 saturated heterocycles. The Bertz CT molecular complexity index is 693. The van der Waals surface area contributed by atoms with E-state index in [9.17, 15) is 13.2 Å². The molecule has 1 aromatic rings. The zero-order chi connectivity index (χ0) is 17.9. The molecule has 2 unspecified atom stereocenters. The molecule has 7 heteroatoms. The quantitative estimate of drug-likeness (QED) is 0.849. The van der Waals surface area contributed by atoms with Crippen LogP contribution < -0.4 is 5.73 Å². The molecule has 1 amide bonds. The first-order valence-electron chi connectivity index (χ1n) is 9.03. The highest BCUT2D eigenvalue weighted by molar-refractivity contribution is 7.88. The molecule has 25 heavy (non-hydrogen) atoms. The molecule has 0 saturated carbocycles. The summed E-state index contributed by atoms with van der Waals surface area (Å²) in [6.07, 6.45) is 3.41. The van der Waals surface area contributed by atoms with Gasteiger partial charge in [-0.25, -0.2) is 12.7 Å². The van der Waals surface area contributed by atoms with Gasteiger partial charge in [0, 0.05) is 32.2 Å². The van der Waals surface area contributed by atoms with Gasteiger partial charge in [0.15, 0.2) is 0 Å². The fourth-order valence-electron chi connectivity index (χ4n) is 3.88. The van der Waals surface area contributed by atoms with Crippen LogP contribution in [0, 0.1) is 5.92 Å². The average molecular weight is 365 g/mol. The SMILES string of the molecule is NCC1CCCN1C(=O)C1CCCN(S(=O)(=O)Cc2ccccc2)C1. The van der Waals surface area contributed by atoms with Gasteiger partial charge in [-0.3, -0.25) is 4.79 Å². The van der Waals surface area contributed by atoms with Crippen molar-refractivity contribution in [2.45, 2.75) is 37.5 Å². The molecule has 0 aliphatic carbocycles. The van der Waals surface area contributed by atoms with E-state index in [0.29, 0.717) is 19.6 Å². The Kier molecular flexibility index (Phi) is 5.76. The van der Waals surface area contributed by atoms with Gasteiger partial charge in [0.05, 0.1) is 11.7 Å². The highest BCUT2D eigenvalue weighted by atomic mass is 32.2. The summed E-state index contributed by atoms with van der Waals surface area (Å²) in [5, 5.41) is 0. The van der Waals surface area contributed by atoms with Crippen molar-refractivity contribution in [2.75, 3.05) is 26.2 Å². The van der Waals surface area contributed by atoms with Crippen LogP contribution >= 0.6 is 0 Å². The molecule has 2 aliphatic rings. The van der Waals surface area contributed by atoms with Gasteiger partial charge in [-0.05, 0) is 31.2 Å². The highest BCUT2D eigenvalue weighted by Gasteiger charge is 2.37. The van der Waals surface area contributed by atoms with Gasteiger partial charge in [0.1, 0.15) is 0 Å². The van der Waals surface area contributed by atoms with Crippen molar-refractivity contribution in [3.8, 4) is 0 Å². The number of likely N-dealkylation sites (tertiary alicyclic amines) is 1. The number of carbonyl (C=O) groups excluding carboxylic acids is 1. The lowest BCUT2D eigenvalue weighted by Crippen LogP contribution is -2.49. The minimum Gasteiger partial charge on any atom is -0.338 e. The molecule has 0 bridgehead atoms. The highest BCUT2D eigenvalue weighted by Crippen LogP contribution is 2.26. The predicted molar refractivity (Wildman–Crippen MR) is 97.2 cm³/mol. The van der Waals surface area contributed by atoms with E-state index in [0.717, 1.165) is 37.8 Å². The summed E-state index contributed by atoms with van der Waals surface area (Å²) in [4.78, 5) is 14.7. The molecule has 0 spiro atoms. The van der Waals surface area contributed by atoms with Crippen LogP contribution in [0.1, 0.15) is 31.2 Å². The molecule has 6 nitrogen and oxygen atoms in total. The van der Waals surface area contributed by atoms with Gasteiger partial charge < -0.3 is 10.6 Å². The summed E-state index contributed by atoms with van der Waals surface area (Å²) in [6, 6.07) is 9.31. The number of rotatable bonds is 5. The fourth-order valence-corrected chi connectivity index (χ4v) is 5.49. The van der Waals surface area contributed by atoms with Crippen LogP contribution in [0.4, 0.5) is 0 Å². The molecule has 1 aromatic carbocycles. The summed E-state index contributed by atoms with van der Waals surface area (Å²) in [6.45, 7) is 2.02. The van der Waals surface area contributed by atoms with Crippen molar-refractivity contribution in [2.24, 2.45) is 11.7 Å². The number of nitrogens with two attached hydrogens (primary N) is 1. The monoisotopic (exact) mass is 365 g/mol. The lowest BCUT2D eigenvalue weighted by atomic mass is 9.97. The Morgan fingerprint density at radius 3 is 2.56 bits per heavy atom. The topological polar surface area (TPSA) is 83.7 Å². The first-order chi connectivity index (χ1) is 12.0. The zero-order valence-electron chi connectivity index (χ0n) is 14.5. The molecule has 3 rings (SSSR count). The maximum atomic E-state index is 12.8. The van der Waals surface area contributed by atoms with Crippen LogP contribution in [0.2, 0.25) is 0 Å². The minimum atomic E-state index is -3.41. The van der Waals surface area contributed by atoms with Crippen molar-refractivity contribution >= 4 is 15.9 Å². The second-order valence-electron chi connectivity index (χ2n) is 7.00. The summed E-state index contributed by atoms with van der Waals surface area (Å²) >= 11 is 0. The number of carbonyl (C=O) groups is 1. The maximum absolute atomic E-state index is 12.8. The second-order valence-corrected chi connectivity index (χ2v) is 8.97. The van der Waals surface area contributed by atoms with Crippen molar-refractivity contribution in [3.05, 3.63) is 35.9 Å². The Balaban J connectivity index is 1.67. The lowest BCUT2D eigenvalue weighted by Gasteiger charge is -2.34. The van der Waals surface area contributed by atoms with E-state index in [4.69, 9.17) is 5.73 Å². The molecule has 2 heterocycles. The third-order valence-electron chi connectivity index (χ3n) is 5.25. The van der Waals surface area contributed by atoms with Gasteiger partial charge in [0.2, 0.25) is 15.9 Å². The van der Waals surface area contributed by atoms with Crippen molar-refractivity contribution in [1.82, 2.24) is 9.21 Å². The number of piperidine rings is 1. The number of hydrogen-bond donors (Lipinski definition) is 1. The van der Waals surface area contributed by atoms with Gasteiger partial charge in [-0.15, -0.1) is 0 Å². The molecular weight excluding hydrogens is 338 g/mol. The van der Waals surface area contributed by atoms with Crippen LogP contribution in [0.3, 0.4) is 0 Å². The summed E-state index contributed by atoms with van der Waals surface area (Å²) in [7, 11) is -3.41. The molecule has 0 aromatic heterocycles. The standard InChI is InChI=1S/C18H27N3O3S/c19-12-17-9-5-11-21(17)18(22)16-8-4-10-20(13-16)25(23,24)14-15-6-2-1-3-7-15/h1-3,6-7,16-17H,4-5,8-14,19H2. The molecular formula is C18H27N3O3S. The summed E-state index contributed by atoms with van der Waals surface area (Å²) in [5.41, 5.74) is 6.55. The van der Waals surface area contributed by atoms with Gasteiger partial charge in [-0.2, -0.15) is 0 Å². The normalized spacial score (nSPS) is 25.2. The van der Waals surface area contributed by atoms with E-state index in [-0.39, 0.29) is 23.6 Å². The number of nitrogens with zero attached hydrogens (tertiary/aromatic N) is 2. The van der Waals surface area contributed by atoms with Crippen molar-refractivity contribution in [1.29, 1.82) is 0 Å². The van der Waals surface area contributed by atoms with E-state index in [1.807, 2.05) is 35.2 Å². The summed E-state index contributed by atoms with van der Waals surface area (Å²) < 4.78 is 27.0. The van der Waals surface area contributed by atoms with E-state index in [2.05, 4.69) is 0 Å². The van der Waals surface area contributed by atoms with Crippen LogP contribution in [-0.2, 0) is 20.6 Å². The predicted octanol–water partition coefficient (Wildman–Crippen LogP) is 1.18. The van der Waals surface area contributed by atoms with Crippen LogP contribution in [0.5, 0.6) is 0 Å². The van der Waals surface area contributed by atoms with E-state index in [1.165, 1.54) is 4.31 Å². The number of amides is 1. The molecule has 2 atom stereocenters. The molecule has 0 radical (unpaired) electrons. The molecule has 138 valence electrons. The fraction of sp³-hybridized carbons (Fsp3) is 0.611. The second kappa shape index (κ2) is 7.85. The van der Waals surface area contributed by atoms with Crippen molar-refractivity contribution < 1.29 is 13.2 Å². The third-order valence-corrected chi connectivity index (χ3v) is 7.07. The van der Waals surface area contributed by atoms with Crippen LogP contribution in [-0.4, -0.2) is 55.8 Å². The Labute approximate surface area is 150 Å². The Morgan fingerprint density at radius 2 is 1.84 bits per heavy atom. The maximum Gasteiger partial charge on any atom is 0.227 e. The largest absolute Gasteiger partial charge is 0.338 e. The van der Waals surface area contributed by atoms with E-state index >= 15 is 0 Å². The molecule has 2 aliphatic heterocycles. The average Bonchev–Trinajstić information content (AvgIpc) is 3.10. The molecule has 2 N–H and O–H groups in total. The van der Waals surface area contributed by atoms with E-state index in [1.54, 1.807) is 0 Å². The zero-order valence-corrected chi connectivity index (χ0v) is 15.3. The van der Waals surface area contributed by atoms with E-state index < -0.39 is 10.0 Å². The van der Waals surface area contributed by atoms with Gasteiger partial charge in [0.25, 0.3) is 0 Å². The lowest BCUT2D eigenvalue weighted by molar-refractivity contribution is -0.137.